The van der Waals surface area contributed by atoms with E-state index in [2.05, 4.69) is 0 Å². The molecule has 4 atom stereocenters. The maximum Gasteiger partial charge on any atom is 0.164 e. The highest BCUT2D eigenvalue weighted by Crippen LogP contribution is 2.33. The van der Waals surface area contributed by atoms with Gasteiger partial charge in [-0.3, -0.25) is 0 Å². The summed E-state index contributed by atoms with van der Waals surface area (Å²) in [5.41, 5.74) is 0. The molecule has 2 saturated heterocycles. The van der Waals surface area contributed by atoms with Crippen LogP contribution in [-0.2, 0) is 18.9 Å². The fourth-order valence-electron chi connectivity index (χ4n) is 2.39. The van der Waals surface area contributed by atoms with E-state index >= 15 is 0 Å². The highest BCUT2D eigenvalue weighted by atomic mass is 16.8. The molecule has 2 N–H and O–H groups in total. The van der Waals surface area contributed by atoms with Gasteiger partial charge in [0.2, 0.25) is 0 Å². The first-order valence-corrected chi connectivity index (χ1v) is 6.20. The first-order valence-electron chi connectivity index (χ1n) is 6.20. The molecule has 0 aromatic carbocycles. The van der Waals surface area contributed by atoms with Gasteiger partial charge in [-0.25, -0.2) is 0 Å². The summed E-state index contributed by atoms with van der Waals surface area (Å²) in [6, 6.07) is 0. The fraction of sp³-hybridized carbons (Fsp3) is 1.00. The SMILES string of the molecule is CC1(C)OC[C@H]([C@H](O)[C@@H]2OC(C)(C)O[C@@H]2CO)O1. The van der Waals surface area contributed by atoms with Gasteiger partial charge in [0.1, 0.15) is 24.4 Å². The summed E-state index contributed by atoms with van der Waals surface area (Å²) in [4.78, 5) is 0. The molecule has 2 rings (SSSR count). The third-order valence-corrected chi connectivity index (χ3v) is 3.15. The fourth-order valence-corrected chi connectivity index (χ4v) is 2.39. The van der Waals surface area contributed by atoms with E-state index in [9.17, 15) is 10.2 Å². The Hall–Kier alpha value is -0.240. The molecule has 106 valence electrons. The summed E-state index contributed by atoms with van der Waals surface area (Å²) in [5.74, 6) is -1.51. The molecule has 2 aliphatic heterocycles. The highest BCUT2D eigenvalue weighted by Gasteiger charge is 2.49. The Kier molecular flexibility index (Phi) is 3.70. The Balaban J connectivity index is 2.02. The van der Waals surface area contributed by atoms with Crippen LogP contribution in [-0.4, -0.2) is 59.4 Å². The van der Waals surface area contributed by atoms with Gasteiger partial charge in [-0.2, -0.15) is 0 Å². The van der Waals surface area contributed by atoms with Gasteiger partial charge in [-0.05, 0) is 27.7 Å². The second kappa shape index (κ2) is 4.70. The second-order valence-electron chi connectivity index (χ2n) is 5.68. The summed E-state index contributed by atoms with van der Waals surface area (Å²) in [6.45, 7) is 7.17. The van der Waals surface area contributed by atoms with Crippen molar-refractivity contribution in [1.82, 2.24) is 0 Å². The van der Waals surface area contributed by atoms with Gasteiger partial charge in [0.15, 0.2) is 11.6 Å². The number of aliphatic hydroxyl groups is 2. The van der Waals surface area contributed by atoms with Crippen molar-refractivity contribution in [2.45, 2.75) is 63.7 Å². The highest BCUT2D eigenvalue weighted by molar-refractivity contribution is 4.91. The quantitative estimate of drug-likeness (QED) is 0.746. The van der Waals surface area contributed by atoms with Gasteiger partial charge in [0, 0.05) is 0 Å². The van der Waals surface area contributed by atoms with Crippen LogP contribution < -0.4 is 0 Å². The molecule has 2 fully saturated rings. The zero-order chi connectivity index (χ0) is 13.6. The summed E-state index contributed by atoms with van der Waals surface area (Å²) >= 11 is 0. The smallest absolute Gasteiger partial charge is 0.164 e. The Morgan fingerprint density at radius 2 is 1.78 bits per heavy atom. The van der Waals surface area contributed by atoms with Gasteiger partial charge in [-0.15, -0.1) is 0 Å². The molecule has 0 radical (unpaired) electrons. The lowest BCUT2D eigenvalue weighted by Gasteiger charge is -2.26. The van der Waals surface area contributed by atoms with E-state index in [0.717, 1.165) is 0 Å². The molecule has 0 unspecified atom stereocenters. The Bertz CT molecular complexity index is 303. The average Bonchev–Trinajstić information content (AvgIpc) is 2.77. The van der Waals surface area contributed by atoms with E-state index in [1.54, 1.807) is 27.7 Å². The maximum atomic E-state index is 10.3. The zero-order valence-corrected chi connectivity index (χ0v) is 11.3. The average molecular weight is 262 g/mol. The molecule has 6 nitrogen and oxygen atoms in total. The minimum Gasteiger partial charge on any atom is -0.394 e. The molecule has 0 bridgehead atoms. The number of aliphatic hydroxyl groups excluding tert-OH is 2. The van der Waals surface area contributed by atoms with Crippen LogP contribution in [0.1, 0.15) is 27.7 Å². The standard InChI is InChI=1S/C12H22O6/c1-11(2)15-6-8(17-11)9(14)10-7(5-13)16-12(3,4)18-10/h7-10,13-14H,5-6H2,1-4H3/t7-,8-,9+,10-/m1/s1. The molecule has 0 spiro atoms. The first-order chi connectivity index (χ1) is 8.24. The lowest BCUT2D eigenvalue weighted by atomic mass is 10.0. The van der Waals surface area contributed by atoms with E-state index in [1.165, 1.54) is 0 Å². The van der Waals surface area contributed by atoms with Crippen LogP contribution in [0.5, 0.6) is 0 Å². The number of hydrogen-bond acceptors (Lipinski definition) is 6. The van der Waals surface area contributed by atoms with Crippen LogP contribution in [0.2, 0.25) is 0 Å². The van der Waals surface area contributed by atoms with Crippen molar-refractivity contribution in [2.24, 2.45) is 0 Å². The van der Waals surface area contributed by atoms with Crippen molar-refractivity contribution in [3.63, 3.8) is 0 Å². The molecule has 0 aromatic rings. The minimum absolute atomic E-state index is 0.206. The Labute approximate surface area is 107 Å². The van der Waals surface area contributed by atoms with E-state index < -0.39 is 36.0 Å². The zero-order valence-electron chi connectivity index (χ0n) is 11.3. The molecule has 6 heteroatoms. The van der Waals surface area contributed by atoms with Gasteiger partial charge in [-0.1, -0.05) is 0 Å². The topological polar surface area (TPSA) is 77.4 Å². The second-order valence-corrected chi connectivity index (χ2v) is 5.68. The lowest BCUT2D eigenvalue weighted by molar-refractivity contribution is -0.178. The Morgan fingerprint density at radius 1 is 1.11 bits per heavy atom. The summed E-state index contributed by atoms with van der Waals surface area (Å²) < 4.78 is 22.1. The van der Waals surface area contributed by atoms with Crippen LogP contribution >= 0.6 is 0 Å². The maximum absolute atomic E-state index is 10.3. The minimum atomic E-state index is -0.898. The summed E-state index contributed by atoms with van der Waals surface area (Å²) in [6.07, 6.45) is -2.54. The molecule has 0 aromatic heterocycles. The number of rotatable bonds is 3. The van der Waals surface area contributed by atoms with Crippen molar-refractivity contribution in [2.75, 3.05) is 13.2 Å². The predicted octanol–water partition coefficient (Wildman–Crippen LogP) is 0.0112. The van der Waals surface area contributed by atoms with Gasteiger partial charge in [0.25, 0.3) is 0 Å². The van der Waals surface area contributed by atoms with Crippen LogP contribution in [0, 0.1) is 0 Å². The largest absolute Gasteiger partial charge is 0.394 e. The molecule has 2 aliphatic rings. The van der Waals surface area contributed by atoms with Crippen molar-refractivity contribution >= 4 is 0 Å². The van der Waals surface area contributed by atoms with Crippen molar-refractivity contribution < 1.29 is 29.2 Å². The lowest BCUT2D eigenvalue weighted by Crippen LogP contribution is -2.45. The van der Waals surface area contributed by atoms with E-state index in [1.807, 2.05) is 0 Å². The normalized spacial score (nSPS) is 40.0. The first kappa shape index (κ1) is 14.2. The molecule has 0 aliphatic carbocycles. The van der Waals surface area contributed by atoms with Gasteiger partial charge < -0.3 is 29.2 Å². The van der Waals surface area contributed by atoms with E-state index in [0.29, 0.717) is 6.61 Å². The molecule has 2 heterocycles. The van der Waals surface area contributed by atoms with Gasteiger partial charge >= 0.3 is 0 Å². The van der Waals surface area contributed by atoms with E-state index in [4.69, 9.17) is 18.9 Å². The van der Waals surface area contributed by atoms with E-state index in [-0.39, 0.29) is 6.61 Å². The monoisotopic (exact) mass is 262 g/mol. The molecule has 0 amide bonds. The molecule has 18 heavy (non-hydrogen) atoms. The van der Waals surface area contributed by atoms with Crippen LogP contribution in [0.3, 0.4) is 0 Å². The molecular formula is C12H22O6. The van der Waals surface area contributed by atoms with Gasteiger partial charge in [0.05, 0.1) is 13.2 Å². The summed E-state index contributed by atoms with van der Waals surface area (Å²) in [5, 5.41) is 19.6. The van der Waals surface area contributed by atoms with Crippen LogP contribution in [0.25, 0.3) is 0 Å². The summed E-state index contributed by atoms with van der Waals surface area (Å²) in [7, 11) is 0. The Morgan fingerprint density at radius 3 is 2.28 bits per heavy atom. The third kappa shape index (κ3) is 2.84. The van der Waals surface area contributed by atoms with Crippen molar-refractivity contribution in [3.05, 3.63) is 0 Å². The number of ether oxygens (including phenoxy) is 4. The molecular weight excluding hydrogens is 240 g/mol. The van der Waals surface area contributed by atoms with Crippen molar-refractivity contribution in [3.8, 4) is 0 Å². The predicted molar refractivity (Wildman–Crippen MR) is 61.8 cm³/mol. The number of hydrogen-bond donors (Lipinski definition) is 2. The third-order valence-electron chi connectivity index (χ3n) is 3.15. The van der Waals surface area contributed by atoms with Crippen LogP contribution in [0.15, 0.2) is 0 Å². The molecule has 0 saturated carbocycles. The van der Waals surface area contributed by atoms with Crippen LogP contribution in [0.4, 0.5) is 0 Å². The van der Waals surface area contributed by atoms with Crippen molar-refractivity contribution in [1.29, 1.82) is 0 Å².